The summed E-state index contributed by atoms with van der Waals surface area (Å²) in [5.74, 6) is -2.36. The zero-order chi connectivity index (χ0) is 26.2. The van der Waals surface area contributed by atoms with Crippen LogP contribution >= 0.6 is 0 Å². The van der Waals surface area contributed by atoms with Gasteiger partial charge in [-0.15, -0.1) is 0 Å². The molecule has 3 amide bonds. The lowest BCUT2D eigenvalue weighted by Gasteiger charge is -2.36. The number of likely N-dealkylation sites (tertiary alicyclic amines) is 1. The quantitative estimate of drug-likeness (QED) is 0.442. The first-order chi connectivity index (χ1) is 17.9. The lowest BCUT2D eigenvalue weighted by atomic mass is 9.65. The van der Waals surface area contributed by atoms with Crippen LogP contribution in [0, 0.1) is 11.8 Å². The van der Waals surface area contributed by atoms with Crippen molar-refractivity contribution in [2.24, 2.45) is 11.8 Å². The van der Waals surface area contributed by atoms with Crippen LogP contribution in [0.4, 0.5) is 5.69 Å². The van der Waals surface area contributed by atoms with Crippen LogP contribution in [0.2, 0.25) is 0 Å². The van der Waals surface area contributed by atoms with E-state index < -0.39 is 35.1 Å². The average Bonchev–Trinajstić information content (AvgIpc) is 3.53. The molecular weight excluding hydrogens is 476 g/mol. The Kier molecular flexibility index (Phi) is 7.28. The molecule has 4 aliphatic rings. The predicted octanol–water partition coefficient (Wildman–Crippen LogP) is 0.609. The fourth-order valence-electron chi connectivity index (χ4n) is 6.92. The molecule has 2 unspecified atom stereocenters. The van der Waals surface area contributed by atoms with Gasteiger partial charge in [0.05, 0.1) is 43.3 Å². The summed E-state index contributed by atoms with van der Waals surface area (Å²) in [6.45, 7) is 7.52. The van der Waals surface area contributed by atoms with Crippen molar-refractivity contribution < 1.29 is 29.0 Å². The first-order valence-corrected chi connectivity index (χ1v) is 13.4. The molecule has 4 heterocycles. The van der Waals surface area contributed by atoms with E-state index in [0.717, 1.165) is 13.1 Å². The molecule has 1 spiro atoms. The molecule has 6 atom stereocenters. The molecular formula is C27H38N4O6. The Balaban J connectivity index is 1.42. The Labute approximate surface area is 217 Å². The van der Waals surface area contributed by atoms with Gasteiger partial charge < -0.3 is 30.1 Å². The molecule has 202 valence electrons. The number of anilines is 1. The third-order valence-electron chi connectivity index (χ3n) is 8.76. The van der Waals surface area contributed by atoms with E-state index >= 15 is 0 Å². The molecule has 0 saturated carbocycles. The Hall–Kier alpha value is -2.53. The van der Waals surface area contributed by atoms with Gasteiger partial charge in [0, 0.05) is 31.9 Å². The van der Waals surface area contributed by atoms with Gasteiger partial charge >= 0.3 is 0 Å². The number of hydrogen-bond acceptors (Lipinski definition) is 7. The van der Waals surface area contributed by atoms with Gasteiger partial charge in [0.2, 0.25) is 17.7 Å². The van der Waals surface area contributed by atoms with Crippen LogP contribution < -0.4 is 10.6 Å². The van der Waals surface area contributed by atoms with Gasteiger partial charge in [-0.05, 0) is 38.3 Å². The lowest BCUT2D eigenvalue weighted by molar-refractivity contribution is -0.149. The van der Waals surface area contributed by atoms with Crippen LogP contribution in [0.15, 0.2) is 30.3 Å². The number of para-hydroxylation sites is 1. The van der Waals surface area contributed by atoms with E-state index in [4.69, 9.17) is 9.47 Å². The molecule has 0 aromatic heterocycles. The summed E-state index contributed by atoms with van der Waals surface area (Å²) >= 11 is 0. The van der Waals surface area contributed by atoms with E-state index in [1.807, 2.05) is 37.3 Å². The van der Waals surface area contributed by atoms with E-state index in [9.17, 15) is 19.5 Å². The summed E-state index contributed by atoms with van der Waals surface area (Å²) in [4.78, 5) is 45.1. The Bertz CT molecular complexity index is 1020. The summed E-state index contributed by atoms with van der Waals surface area (Å²) in [7, 11) is 0. The number of rotatable bonds is 9. The van der Waals surface area contributed by atoms with Crippen molar-refractivity contribution >= 4 is 23.4 Å². The number of benzene rings is 1. The molecule has 1 aromatic carbocycles. The molecule has 0 radical (unpaired) electrons. The lowest BCUT2D eigenvalue weighted by Crippen LogP contribution is -2.58. The number of nitrogens with zero attached hydrogens (tertiary/aromatic N) is 2. The van der Waals surface area contributed by atoms with Crippen LogP contribution in [0.1, 0.15) is 33.1 Å². The van der Waals surface area contributed by atoms with Crippen LogP contribution in [0.3, 0.4) is 0 Å². The van der Waals surface area contributed by atoms with Crippen molar-refractivity contribution in [1.82, 2.24) is 15.1 Å². The predicted molar refractivity (Wildman–Crippen MR) is 136 cm³/mol. The van der Waals surface area contributed by atoms with Crippen molar-refractivity contribution in [3.8, 4) is 0 Å². The minimum absolute atomic E-state index is 0.266. The summed E-state index contributed by atoms with van der Waals surface area (Å²) in [6, 6.07) is 7.68. The fourth-order valence-corrected chi connectivity index (χ4v) is 6.92. The van der Waals surface area contributed by atoms with Crippen molar-refractivity contribution in [2.45, 2.75) is 56.4 Å². The maximum atomic E-state index is 14.0. The van der Waals surface area contributed by atoms with E-state index in [2.05, 4.69) is 15.5 Å². The van der Waals surface area contributed by atoms with Crippen molar-refractivity contribution in [2.75, 3.05) is 51.3 Å². The number of ether oxygens (including phenoxy) is 2. The number of carbonyl (C=O) groups is 3. The van der Waals surface area contributed by atoms with Crippen LogP contribution in [0.5, 0.6) is 0 Å². The second kappa shape index (κ2) is 10.3. The topological polar surface area (TPSA) is 120 Å². The van der Waals surface area contributed by atoms with E-state index in [1.165, 1.54) is 4.90 Å². The molecule has 37 heavy (non-hydrogen) atoms. The minimum atomic E-state index is -1.10. The number of nitrogens with one attached hydrogen (secondary N) is 2. The van der Waals surface area contributed by atoms with Crippen molar-refractivity contribution in [3.63, 3.8) is 0 Å². The normalized spacial score (nSPS) is 33.9. The van der Waals surface area contributed by atoms with Gasteiger partial charge in [0.1, 0.15) is 11.6 Å². The summed E-state index contributed by atoms with van der Waals surface area (Å²) in [5.41, 5.74) is -1.25. The van der Waals surface area contributed by atoms with Gasteiger partial charge in [-0.1, -0.05) is 25.1 Å². The SMILES string of the molecule is CC[C@@]12CCC3(O1)C(C(=O)NCCN1CCOCC1)N([C@H](C)CO)C(=O)[C@@H]3[C@@H]2C(=O)Nc1ccccc1. The molecule has 10 nitrogen and oxygen atoms in total. The summed E-state index contributed by atoms with van der Waals surface area (Å²) in [6.07, 6.45) is 1.67. The molecule has 2 bridgehead atoms. The van der Waals surface area contributed by atoms with Gasteiger partial charge in [-0.2, -0.15) is 0 Å². The van der Waals surface area contributed by atoms with Gasteiger partial charge in [0.25, 0.3) is 0 Å². The summed E-state index contributed by atoms with van der Waals surface area (Å²) in [5, 5.41) is 16.0. The number of hydrogen-bond donors (Lipinski definition) is 3. The van der Waals surface area contributed by atoms with Crippen molar-refractivity contribution in [3.05, 3.63) is 30.3 Å². The largest absolute Gasteiger partial charge is 0.394 e. The van der Waals surface area contributed by atoms with Crippen LogP contribution in [0.25, 0.3) is 0 Å². The van der Waals surface area contributed by atoms with Gasteiger partial charge in [-0.3, -0.25) is 19.3 Å². The fraction of sp³-hybridized carbons (Fsp3) is 0.667. The zero-order valence-corrected chi connectivity index (χ0v) is 21.7. The highest BCUT2D eigenvalue weighted by molar-refractivity contribution is 6.02. The van der Waals surface area contributed by atoms with Crippen LogP contribution in [-0.4, -0.2) is 102 Å². The Morgan fingerprint density at radius 2 is 1.89 bits per heavy atom. The monoisotopic (exact) mass is 514 g/mol. The number of amides is 3. The first-order valence-electron chi connectivity index (χ1n) is 13.4. The molecule has 4 saturated heterocycles. The summed E-state index contributed by atoms with van der Waals surface area (Å²) < 4.78 is 12.1. The molecule has 1 aromatic rings. The zero-order valence-electron chi connectivity index (χ0n) is 21.7. The molecule has 5 rings (SSSR count). The van der Waals surface area contributed by atoms with E-state index in [0.29, 0.717) is 51.3 Å². The first kappa shape index (κ1) is 26.1. The highest BCUT2D eigenvalue weighted by Gasteiger charge is 2.78. The van der Waals surface area contributed by atoms with Crippen LogP contribution in [-0.2, 0) is 23.9 Å². The molecule has 3 N–H and O–H groups in total. The smallest absolute Gasteiger partial charge is 0.245 e. The van der Waals surface area contributed by atoms with Gasteiger partial charge in [-0.25, -0.2) is 0 Å². The van der Waals surface area contributed by atoms with E-state index in [-0.39, 0.29) is 24.3 Å². The number of aliphatic hydroxyl groups excluding tert-OH is 1. The highest BCUT2D eigenvalue weighted by atomic mass is 16.5. The molecule has 0 aliphatic carbocycles. The number of carbonyl (C=O) groups excluding carboxylic acids is 3. The maximum absolute atomic E-state index is 14.0. The highest BCUT2D eigenvalue weighted by Crippen LogP contribution is 2.64. The number of morpholine rings is 1. The number of fused-ring (bicyclic) bond motifs is 1. The molecule has 10 heteroatoms. The van der Waals surface area contributed by atoms with E-state index in [1.54, 1.807) is 6.92 Å². The number of aliphatic hydroxyl groups is 1. The van der Waals surface area contributed by atoms with Crippen molar-refractivity contribution in [1.29, 1.82) is 0 Å². The third-order valence-corrected chi connectivity index (χ3v) is 8.76. The second-order valence-electron chi connectivity index (χ2n) is 10.7. The Morgan fingerprint density at radius 3 is 2.57 bits per heavy atom. The second-order valence-corrected chi connectivity index (χ2v) is 10.7. The van der Waals surface area contributed by atoms with Gasteiger partial charge in [0.15, 0.2) is 0 Å². The maximum Gasteiger partial charge on any atom is 0.245 e. The minimum Gasteiger partial charge on any atom is -0.394 e. The molecule has 4 aliphatic heterocycles. The third kappa shape index (κ3) is 4.33. The Morgan fingerprint density at radius 1 is 1.16 bits per heavy atom. The average molecular weight is 515 g/mol. The standard InChI is InChI=1S/C27H38N4O6/c1-3-26-9-10-27(37-26)21(20(26)23(33)29-19-7-5-4-6-8-19)25(35)31(18(2)17-32)22(27)24(34)28-11-12-30-13-15-36-16-14-30/h4-8,18,20-22,32H,3,9-17H2,1-2H3,(H,28,34)(H,29,33)/t18-,20-,21+,22?,26+,27?/m1/s1. The molecule has 4 fully saturated rings.